The van der Waals surface area contributed by atoms with Gasteiger partial charge in [-0.15, -0.1) is 0 Å². The first kappa shape index (κ1) is 13.6. The zero-order valence-electron chi connectivity index (χ0n) is 11.2. The topological polar surface area (TPSA) is 38.0 Å². The summed E-state index contributed by atoms with van der Waals surface area (Å²) in [6.07, 6.45) is 0. The SMILES string of the molecule is CC(C)c1cccc(Nc2ccccc2C(N)=S)c1. The molecular weight excluding hydrogens is 252 g/mol. The lowest BCUT2D eigenvalue weighted by molar-refractivity contribution is 0.867. The van der Waals surface area contributed by atoms with Crippen molar-refractivity contribution in [2.45, 2.75) is 19.8 Å². The Bertz CT molecular complexity index is 591. The summed E-state index contributed by atoms with van der Waals surface area (Å²) in [5.74, 6) is 0.507. The van der Waals surface area contributed by atoms with Crippen LogP contribution in [0.15, 0.2) is 48.5 Å². The van der Waals surface area contributed by atoms with Crippen LogP contribution in [0.1, 0.15) is 30.9 Å². The zero-order valence-corrected chi connectivity index (χ0v) is 12.0. The van der Waals surface area contributed by atoms with Crippen LogP contribution in [0.2, 0.25) is 0 Å². The number of hydrogen-bond acceptors (Lipinski definition) is 2. The number of para-hydroxylation sites is 1. The molecule has 3 N–H and O–H groups in total. The predicted molar refractivity (Wildman–Crippen MR) is 86.1 cm³/mol. The first-order valence-electron chi connectivity index (χ1n) is 6.33. The molecule has 0 aromatic heterocycles. The Balaban J connectivity index is 2.31. The molecular formula is C16H18N2S. The lowest BCUT2D eigenvalue weighted by atomic mass is 10.0. The van der Waals surface area contributed by atoms with Crippen molar-refractivity contribution in [2.75, 3.05) is 5.32 Å². The van der Waals surface area contributed by atoms with Crippen molar-refractivity contribution in [1.29, 1.82) is 0 Å². The summed E-state index contributed by atoms with van der Waals surface area (Å²) in [6, 6.07) is 16.2. The summed E-state index contributed by atoms with van der Waals surface area (Å²) < 4.78 is 0. The summed E-state index contributed by atoms with van der Waals surface area (Å²) in [5, 5.41) is 3.38. The van der Waals surface area contributed by atoms with Gasteiger partial charge in [0.2, 0.25) is 0 Å². The van der Waals surface area contributed by atoms with E-state index in [1.165, 1.54) is 5.56 Å². The minimum absolute atomic E-state index is 0.406. The molecule has 0 amide bonds. The van der Waals surface area contributed by atoms with Crippen molar-refractivity contribution in [3.05, 3.63) is 59.7 Å². The van der Waals surface area contributed by atoms with Crippen LogP contribution in [0.25, 0.3) is 0 Å². The second kappa shape index (κ2) is 5.85. The lowest BCUT2D eigenvalue weighted by Crippen LogP contribution is -2.11. The highest BCUT2D eigenvalue weighted by Crippen LogP contribution is 2.24. The normalized spacial score (nSPS) is 10.5. The molecule has 2 nitrogen and oxygen atoms in total. The van der Waals surface area contributed by atoms with Gasteiger partial charge in [0.25, 0.3) is 0 Å². The highest BCUT2D eigenvalue weighted by Gasteiger charge is 2.05. The van der Waals surface area contributed by atoms with Crippen molar-refractivity contribution < 1.29 is 0 Å². The van der Waals surface area contributed by atoms with Gasteiger partial charge in [0.1, 0.15) is 4.99 Å². The molecule has 0 radical (unpaired) electrons. The summed E-state index contributed by atoms with van der Waals surface area (Å²) in [4.78, 5) is 0.406. The van der Waals surface area contributed by atoms with Crippen molar-refractivity contribution in [2.24, 2.45) is 5.73 Å². The molecule has 98 valence electrons. The molecule has 0 bridgehead atoms. The van der Waals surface area contributed by atoms with Crippen LogP contribution < -0.4 is 11.1 Å². The second-order valence-electron chi connectivity index (χ2n) is 4.81. The summed E-state index contributed by atoms with van der Waals surface area (Å²) >= 11 is 5.07. The van der Waals surface area contributed by atoms with Crippen molar-refractivity contribution in [1.82, 2.24) is 0 Å². The molecule has 0 spiro atoms. The van der Waals surface area contributed by atoms with Crippen LogP contribution >= 0.6 is 12.2 Å². The molecule has 2 aromatic carbocycles. The fraction of sp³-hybridized carbons (Fsp3) is 0.188. The number of hydrogen-bond donors (Lipinski definition) is 2. The van der Waals surface area contributed by atoms with Gasteiger partial charge in [-0.3, -0.25) is 0 Å². The Kier molecular flexibility index (Phi) is 4.17. The van der Waals surface area contributed by atoms with E-state index >= 15 is 0 Å². The Morgan fingerprint density at radius 3 is 2.53 bits per heavy atom. The van der Waals surface area contributed by atoms with Gasteiger partial charge >= 0.3 is 0 Å². The van der Waals surface area contributed by atoms with Gasteiger partial charge in [-0.25, -0.2) is 0 Å². The van der Waals surface area contributed by atoms with Gasteiger partial charge in [-0.05, 0) is 35.7 Å². The maximum absolute atomic E-state index is 5.74. The first-order valence-corrected chi connectivity index (χ1v) is 6.74. The van der Waals surface area contributed by atoms with Crippen LogP contribution in [-0.2, 0) is 0 Å². The molecule has 0 atom stereocenters. The van der Waals surface area contributed by atoms with E-state index in [4.69, 9.17) is 18.0 Å². The number of nitrogens with one attached hydrogen (secondary N) is 1. The Morgan fingerprint density at radius 1 is 1.11 bits per heavy atom. The fourth-order valence-electron chi connectivity index (χ4n) is 1.94. The van der Waals surface area contributed by atoms with Gasteiger partial charge in [0.05, 0.1) is 0 Å². The number of nitrogens with two attached hydrogens (primary N) is 1. The molecule has 0 heterocycles. The number of anilines is 2. The highest BCUT2D eigenvalue weighted by atomic mass is 32.1. The molecule has 0 saturated carbocycles. The Morgan fingerprint density at radius 2 is 1.84 bits per heavy atom. The van der Waals surface area contributed by atoms with Gasteiger partial charge in [-0.2, -0.15) is 0 Å². The van der Waals surface area contributed by atoms with Crippen molar-refractivity contribution in [3.63, 3.8) is 0 Å². The van der Waals surface area contributed by atoms with Crippen LogP contribution in [-0.4, -0.2) is 4.99 Å². The number of rotatable bonds is 4. The summed E-state index contributed by atoms with van der Waals surface area (Å²) in [6.45, 7) is 4.37. The minimum Gasteiger partial charge on any atom is -0.389 e. The lowest BCUT2D eigenvalue weighted by Gasteiger charge is -2.13. The molecule has 3 heteroatoms. The monoisotopic (exact) mass is 270 g/mol. The summed E-state index contributed by atoms with van der Waals surface area (Å²) in [5.41, 5.74) is 9.90. The van der Waals surface area contributed by atoms with Crippen LogP contribution in [0.4, 0.5) is 11.4 Å². The third-order valence-corrected chi connectivity index (χ3v) is 3.24. The van der Waals surface area contributed by atoms with Gasteiger partial charge in [0.15, 0.2) is 0 Å². The van der Waals surface area contributed by atoms with E-state index in [1.807, 2.05) is 30.3 Å². The van der Waals surface area contributed by atoms with Crippen LogP contribution in [0, 0.1) is 0 Å². The maximum atomic E-state index is 5.74. The van der Waals surface area contributed by atoms with Crippen LogP contribution in [0.3, 0.4) is 0 Å². The summed E-state index contributed by atoms with van der Waals surface area (Å²) in [7, 11) is 0. The second-order valence-corrected chi connectivity index (χ2v) is 5.25. The van der Waals surface area contributed by atoms with Gasteiger partial charge < -0.3 is 11.1 Å². The van der Waals surface area contributed by atoms with E-state index in [1.54, 1.807) is 0 Å². The Hall–Kier alpha value is -1.87. The largest absolute Gasteiger partial charge is 0.389 e. The van der Waals surface area contributed by atoms with Crippen molar-refractivity contribution >= 4 is 28.6 Å². The third-order valence-electron chi connectivity index (χ3n) is 3.02. The van der Waals surface area contributed by atoms with Crippen molar-refractivity contribution in [3.8, 4) is 0 Å². The zero-order chi connectivity index (χ0) is 13.8. The van der Waals surface area contributed by atoms with Gasteiger partial charge in [0, 0.05) is 16.9 Å². The smallest absolute Gasteiger partial charge is 0.106 e. The average Bonchev–Trinajstić information content (AvgIpc) is 2.39. The quantitative estimate of drug-likeness (QED) is 0.818. The van der Waals surface area contributed by atoms with Crippen LogP contribution in [0.5, 0.6) is 0 Å². The molecule has 19 heavy (non-hydrogen) atoms. The van der Waals surface area contributed by atoms with E-state index in [0.717, 1.165) is 16.9 Å². The molecule has 0 aliphatic rings. The van der Waals surface area contributed by atoms with E-state index in [0.29, 0.717) is 10.9 Å². The average molecular weight is 270 g/mol. The van der Waals surface area contributed by atoms with E-state index in [9.17, 15) is 0 Å². The molecule has 0 fully saturated rings. The molecule has 0 unspecified atom stereocenters. The third kappa shape index (κ3) is 3.32. The number of benzene rings is 2. The molecule has 2 aromatic rings. The molecule has 2 rings (SSSR count). The molecule has 0 saturated heterocycles. The predicted octanol–water partition coefficient (Wildman–Crippen LogP) is 4.19. The molecule has 0 aliphatic heterocycles. The Labute approximate surface area is 119 Å². The fourth-order valence-corrected chi connectivity index (χ4v) is 2.12. The first-order chi connectivity index (χ1) is 9.08. The van der Waals surface area contributed by atoms with Gasteiger partial charge in [-0.1, -0.05) is 50.3 Å². The van der Waals surface area contributed by atoms with E-state index in [2.05, 4.69) is 37.4 Å². The minimum atomic E-state index is 0.406. The van der Waals surface area contributed by atoms with E-state index < -0.39 is 0 Å². The number of thiocarbonyl (C=S) groups is 1. The molecule has 0 aliphatic carbocycles. The maximum Gasteiger partial charge on any atom is 0.106 e. The van der Waals surface area contributed by atoms with E-state index in [-0.39, 0.29) is 0 Å². The standard InChI is InChI=1S/C16H18N2S/c1-11(2)12-6-5-7-13(10-12)18-15-9-4-3-8-14(15)16(17)19/h3-11,18H,1-2H3,(H2,17,19). The highest BCUT2D eigenvalue weighted by molar-refractivity contribution is 7.80.